The molecule has 3 heterocycles. The molecule has 0 saturated carbocycles. The van der Waals surface area contributed by atoms with Crippen LogP contribution in [-0.4, -0.2) is 32.3 Å². The van der Waals surface area contributed by atoms with Crippen molar-refractivity contribution in [2.24, 2.45) is 0 Å². The fourth-order valence-electron chi connectivity index (χ4n) is 2.99. The summed E-state index contributed by atoms with van der Waals surface area (Å²) in [7, 11) is 0. The summed E-state index contributed by atoms with van der Waals surface area (Å²) in [5.41, 5.74) is 12.7. The molecule has 0 fully saturated rings. The number of anilines is 1. The first kappa shape index (κ1) is 17.5. The number of ether oxygens (including phenoxy) is 1. The topological polar surface area (TPSA) is 105 Å². The standard InChI is InChI=1S/C17H16ClFN6O2/c18-17(4-5-22-24-15(17)26)25-6-3-10-8-21-16(23-13(10)9-25)27-14-2-1-11(19)7-12(14)20/h1-2,4-5,7-8,22H,3,6,9,20H2,(H,24,26). The predicted molar refractivity (Wildman–Crippen MR) is 96.0 cm³/mol. The van der Waals surface area contributed by atoms with Crippen molar-refractivity contribution in [2.45, 2.75) is 18.0 Å². The number of alkyl halides is 1. The second-order valence-electron chi connectivity index (χ2n) is 6.19. The summed E-state index contributed by atoms with van der Waals surface area (Å²) in [4.78, 5) is 21.3. The number of rotatable bonds is 3. The third-order valence-electron chi connectivity index (χ3n) is 4.45. The molecule has 1 amide bonds. The molecule has 2 aliphatic rings. The molecular formula is C17H16ClFN6O2. The molecule has 0 aliphatic carbocycles. The number of nitrogens with zero attached hydrogens (tertiary/aromatic N) is 3. The summed E-state index contributed by atoms with van der Waals surface area (Å²) in [5, 5.41) is 0. The van der Waals surface area contributed by atoms with Gasteiger partial charge >= 0.3 is 6.01 Å². The van der Waals surface area contributed by atoms with Crippen LogP contribution >= 0.6 is 11.6 Å². The predicted octanol–water partition coefficient (Wildman–Crippen LogP) is 1.43. The molecule has 0 spiro atoms. The average molecular weight is 391 g/mol. The fourth-order valence-corrected chi connectivity index (χ4v) is 3.25. The lowest BCUT2D eigenvalue weighted by molar-refractivity contribution is -0.128. The number of amides is 1. The van der Waals surface area contributed by atoms with Gasteiger partial charge in [-0.15, -0.1) is 0 Å². The minimum atomic E-state index is -1.30. The van der Waals surface area contributed by atoms with Crippen molar-refractivity contribution in [2.75, 3.05) is 12.3 Å². The van der Waals surface area contributed by atoms with Gasteiger partial charge in [0.2, 0.25) is 0 Å². The van der Waals surface area contributed by atoms with E-state index in [0.29, 0.717) is 25.2 Å². The van der Waals surface area contributed by atoms with E-state index < -0.39 is 10.8 Å². The molecule has 2 aromatic rings. The van der Waals surface area contributed by atoms with Crippen LogP contribution in [0.3, 0.4) is 0 Å². The van der Waals surface area contributed by atoms with E-state index in [4.69, 9.17) is 22.1 Å². The lowest BCUT2D eigenvalue weighted by atomic mass is 10.0. The zero-order valence-corrected chi connectivity index (χ0v) is 14.8. The molecule has 8 nitrogen and oxygen atoms in total. The molecule has 27 heavy (non-hydrogen) atoms. The Morgan fingerprint density at radius 3 is 3.04 bits per heavy atom. The second kappa shape index (κ2) is 6.67. The van der Waals surface area contributed by atoms with Crippen LogP contribution < -0.4 is 21.3 Å². The van der Waals surface area contributed by atoms with Gasteiger partial charge in [-0.05, 0) is 30.2 Å². The van der Waals surface area contributed by atoms with Gasteiger partial charge in [-0.2, -0.15) is 4.98 Å². The number of nitrogens with two attached hydrogens (primary N) is 1. The number of aromatic nitrogens is 2. The highest BCUT2D eigenvalue weighted by atomic mass is 35.5. The summed E-state index contributed by atoms with van der Waals surface area (Å²) < 4.78 is 18.8. The Morgan fingerprint density at radius 1 is 1.41 bits per heavy atom. The minimum Gasteiger partial charge on any atom is -0.422 e. The summed E-state index contributed by atoms with van der Waals surface area (Å²) in [5.74, 6) is -0.555. The zero-order valence-electron chi connectivity index (χ0n) is 14.1. The highest BCUT2D eigenvalue weighted by molar-refractivity contribution is 6.36. The van der Waals surface area contributed by atoms with E-state index in [1.165, 1.54) is 12.1 Å². The second-order valence-corrected chi connectivity index (χ2v) is 6.76. The maximum atomic E-state index is 13.2. The van der Waals surface area contributed by atoms with Gasteiger partial charge in [-0.1, -0.05) is 11.6 Å². The van der Waals surface area contributed by atoms with Crippen LogP contribution in [0.2, 0.25) is 0 Å². The van der Waals surface area contributed by atoms with Gasteiger partial charge in [0.15, 0.2) is 10.7 Å². The lowest BCUT2D eigenvalue weighted by Crippen LogP contribution is -2.59. The van der Waals surface area contributed by atoms with Crippen molar-refractivity contribution in [3.63, 3.8) is 0 Å². The van der Waals surface area contributed by atoms with E-state index in [1.807, 2.05) is 4.90 Å². The SMILES string of the molecule is Nc1cc(F)ccc1Oc1ncc2c(n1)CN(C1(Cl)C=CNNC1=O)CC2. The smallest absolute Gasteiger partial charge is 0.322 e. The average Bonchev–Trinajstić information content (AvgIpc) is 2.66. The molecule has 0 radical (unpaired) electrons. The monoisotopic (exact) mass is 390 g/mol. The molecule has 1 aromatic heterocycles. The maximum absolute atomic E-state index is 13.2. The number of hydrogen-bond donors (Lipinski definition) is 3. The summed E-state index contributed by atoms with van der Waals surface area (Å²) in [6.45, 7) is 0.914. The summed E-state index contributed by atoms with van der Waals surface area (Å²) in [6.07, 6.45) is 5.48. The summed E-state index contributed by atoms with van der Waals surface area (Å²) in [6, 6.07) is 3.90. The van der Waals surface area contributed by atoms with Gasteiger partial charge < -0.3 is 15.9 Å². The molecule has 0 saturated heterocycles. The van der Waals surface area contributed by atoms with E-state index in [-0.39, 0.29) is 23.4 Å². The molecule has 1 aromatic carbocycles. The number of hydrazine groups is 1. The van der Waals surface area contributed by atoms with Gasteiger partial charge in [-0.25, -0.2) is 9.37 Å². The number of fused-ring (bicyclic) bond motifs is 1. The van der Waals surface area contributed by atoms with Gasteiger partial charge in [0.05, 0.1) is 11.4 Å². The first-order valence-corrected chi connectivity index (χ1v) is 8.59. The highest BCUT2D eigenvalue weighted by Crippen LogP contribution is 2.31. The molecule has 10 heteroatoms. The van der Waals surface area contributed by atoms with Crippen LogP contribution in [-0.2, 0) is 17.8 Å². The first-order valence-electron chi connectivity index (χ1n) is 8.21. The van der Waals surface area contributed by atoms with Gasteiger partial charge in [-0.3, -0.25) is 15.1 Å². The Balaban J connectivity index is 1.58. The Kier molecular flexibility index (Phi) is 4.33. The number of hydrogen-bond acceptors (Lipinski definition) is 7. The molecule has 4 N–H and O–H groups in total. The van der Waals surface area contributed by atoms with Gasteiger partial charge in [0, 0.05) is 31.6 Å². The molecule has 4 rings (SSSR count). The van der Waals surface area contributed by atoms with Crippen molar-refractivity contribution in [3.8, 4) is 11.8 Å². The van der Waals surface area contributed by atoms with Crippen molar-refractivity contribution in [3.05, 3.63) is 53.7 Å². The van der Waals surface area contributed by atoms with Crippen LogP contribution in [0.5, 0.6) is 11.8 Å². The molecule has 2 aliphatic heterocycles. The van der Waals surface area contributed by atoms with Crippen LogP contribution in [0.1, 0.15) is 11.3 Å². The van der Waals surface area contributed by atoms with Crippen LogP contribution in [0.15, 0.2) is 36.7 Å². The van der Waals surface area contributed by atoms with Crippen LogP contribution in [0.4, 0.5) is 10.1 Å². The Hall–Kier alpha value is -2.91. The van der Waals surface area contributed by atoms with E-state index in [0.717, 1.165) is 11.6 Å². The number of nitrogens with one attached hydrogen (secondary N) is 2. The normalized spacial score (nSPS) is 21.9. The highest BCUT2D eigenvalue weighted by Gasteiger charge is 2.43. The fraction of sp³-hybridized carbons (Fsp3) is 0.235. The molecule has 0 bridgehead atoms. The van der Waals surface area contributed by atoms with Crippen molar-refractivity contribution in [1.29, 1.82) is 0 Å². The third kappa shape index (κ3) is 3.26. The van der Waals surface area contributed by atoms with E-state index in [1.54, 1.807) is 18.5 Å². The largest absolute Gasteiger partial charge is 0.422 e. The quantitative estimate of drug-likeness (QED) is 0.413. The Morgan fingerprint density at radius 2 is 2.26 bits per heavy atom. The lowest BCUT2D eigenvalue weighted by Gasteiger charge is -2.39. The zero-order chi connectivity index (χ0) is 19.0. The number of carbonyl (C=O) groups is 1. The number of nitrogen functional groups attached to an aromatic ring is 1. The number of halogens is 2. The van der Waals surface area contributed by atoms with Crippen molar-refractivity contribution < 1.29 is 13.9 Å². The molecular weight excluding hydrogens is 375 g/mol. The number of carbonyl (C=O) groups excluding carboxylic acids is 1. The van der Waals surface area contributed by atoms with Crippen molar-refractivity contribution >= 4 is 23.2 Å². The Bertz CT molecular complexity index is 940. The van der Waals surface area contributed by atoms with Gasteiger partial charge in [0.25, 0.3) is 5.91 Å². The van der Waals surface area contributed by atoms with E-state index >= 15 is 0 Å². The van der Waals surface area contributed by atoms with Gasteiger partial charge in [0.1, 0.15) is 5.82 Å². The minimum absolute atomic E-state index is 0.0860. The van der Waals surface area contributed by atoms with Crippen LogP contribution in [0.25, 0.3) is 0 Å². The maximum Gasteiger partial charge on any atom is 0.322 e. The third-order valence-corrected chi connectivity index (χ3v) is 4.99. The van der Waals surface area contributed by atoms with Crippen LogP contribution in [0, 0.1) is 5.82 Å². The first-order chi connectivity index (χ1) is 13.0. The number of benzene rings is 1. The molecule has 1 unspecified atom stereocenters. The molecule has 140 valence electrons. The summed E-state index contributed by atoms with van der Waals surface area (Å²) >= 11 is 6.54. The van der Waals surface area contributed by atoms with E-state index in [9.17, 15) is 9.18 Å². The Labute approximate surface area is 159 Å². The van der Waals surface area contributed by atoms with Crippen molar-refractivity contribution in [1.82, 2.24) is 25.7 Å². The van der Waals surface area contributed by atoms with E-state index in [2.05, 4.69) is 20.8 Å². The molecule has 1 atom stereocenters.